The summed E-state index contributed by atoms with van der Waals surface area (Å²) in [4.78, 5) is 13.0. The van der Waals surface area contributed by atoms with E-state index in [0.717, 1.165) is 25.2 Å². The number of rotatable bonds is 3. The fraction of sp³-hybridized carbons (Fsp3) is 0.462. The second kappa shape index (κ2) is 4.85. The smallest absolute Gasteiger partial charge is 0.335 e. The van der Waals surface area contributed by atoms with Crippen molar-refractivity contribution in [1.29, 1.82) is 0 Å². The normalized spacial score (nSPS) is 25.1. The lowest BCUT2D eigenvalue weighted by Gasteiger charge is -2.15. The number of hydrogen-bond donors (Lipinski definition) is 2. The zero-order valence-electron chi connectivity index (χ0n) is 9.97. The molecule has 0 saturated carbocycles. The van der Waals surface area contributed by atoms with Gasteiger partial charge in [0.25, 0.3) is 0 Å². The molecule has 0 aromatic heterocycles. The Labute approximate surface area is 101 Å². The van der Waals surface area contributed by atoms with Crippen molar-refractivity contribution in [3.63, 3.8) is 0 Å². The number of carbonyl (C=O) groups is 1. The molecule has 92 valence electrons. The molecule has 1 fully saturated rings. The summed E-state index contributed by atoms with van der Waals surface area (Å²) in [6.07, 6.45) is 0. The average molecular weight is 234 g/mol. The van der Waals surface area contributed by atoms with Crippen LogP contribution < -0.4 is 5.73 Å². The number of benzene rings is 1. The maximum absolute atomic E-state index is 10.7. The molecule has 0 amide bonds. The van der Waals surface area contributed by atoms with E-state index in [1.165, 1.54) is 0 Å². The average Bonchev–Trinajstić information content (AvgIpc) is 2.58. The molecule has 1 aromatic carbocycles. The molecule has 1 aliphatic heterocycles. The van der Waals surface area contributed by atoms with Crippen LogP contribution in [0.15, 0.2) is 24.3 Å². The molecule has 17 heavy (non-hydrogen) atoms. The lowest BCUT2D eigenvalue weighted by Crippen LogP contribution is -2.28. The Bertz CT molecular complexity index is 392. The molecular formula is C13H18N2O2. The van der Waals surface area contributed by atoms with Crippen molar-refractivity contribution in [2.45, 2.75) is 19.5 Å². The SMILES string of the molecule is CC1CN(Cc2ccc(C(=O)O)cc2)CC1N. The van der Waals surface area contributed by atoms with Crippen molar-refractivity contribution < 1.29 is 9.90 Å². The number of nitrogens with zero attached hydrogens (tertiary/aromatic N) is 1. The first-order valence-corrected chi connectivity index (χ1v) is 5.86. The van der Waals surface area contributed by atoms with E-state index in [4.69, 9.17) is 10.8 Å². The van der Waals surface area contributed by atoms with Crippen LogP contribution in [0.2, 0.25) is 0 Å². The van der Waals surface area contributed by atoms with E-state index >= 15 is 0 Å². The van der Waals surface area contributed by atoms with Gasteiger partial charge in [0.1, 0.15) is 0 Å². The molecule has 0 spiro atoms. The molecule has 1 saturated heterocycles. The highest BCUT2D eigenvalue weighted by Crippen LogP contribution is 2.17. The van der Waals surface area contributed by atoms with E-state index in [2.05, 4.69) is 11.8 Å². The maximum atomic E-state index is 10.7. The lowest BCUT2D eigenvalue weighted by molar-refractivity contribution is 0.0697. The molecule has 0 aliphatic carbocycles. The predicted octanol–water partition coefficient (Wildman–Crippen LogP) is 1.16. The Balaban J connectivity index is 1.98. The van der Waals surface area contributed by atoms with E-state index in [0.29, 0.717) is 11.5 Å². The molecule has 1 aromatic rings. The fourth-order valence-corrected chi connectivity index (χ4v) is 2.24. The van der Waals surface area contributed by atoms with Crippen LogP contribution in [0, 0.1) is 5.92 Å². The van der Waals surface area contributed by atoms with Gasteiger partial charge in [-0.05, 0) is 23.6 Å². The van der Waals surface area contributed by atoms with Gasteiger partial charge in [0.2, 0.25) is 0 Å². The van der Waals surface area contributed by atoms with Gasteiger partial charge in [-0.2, -0.15) is 0 Å². The third kappa shape index (κ3) is 2.84. The topological polar surface area (TPSA) is 66.6 Å². The number of carboxylic acid groups (broad SMARTS) is 1. The van der Waals surface area contributed by atoms with E-state index in [1.807, 2.05) is 12.1 Å². The number of hydrogen-bond acceptors (Lipinski definition) is 3. The van der Waals surface area contributed by atoms with Crippen LogP contribution in [-0.2, 0) is 6.54 Å². The Morgan fingerprint density at radius 2 is 2.06 bits per heavy atom. The van der Waals surface area contributed by atoms with Crippen LogP contribution in [0.5, 0.6) is 0 Å². The van der Waals surface area contributed by atoms with E-state index in [9.17, 15) is 4.79 Å². The molecule has 4 heteroatoms. The van der Waals surface area contributed by atoms with Crippen LogP contribution in [-0.4, -0.2) is 35.1 Å². The Hall–Kier alpha value is -1.39. The van der Waals surface area contributed by atoms with E-state index in [-0.39, 0.29) is 6.04 Å². The summed E-state index contributed by atoms with van der Waals surface area (Å²) in [6, 6.07) is 7.30. The fourth-order valence-electron chi connectivity index (χ4n) is 2.24. The standard InChI is InChI=1S/C13H18N2O2/c1-9-6-15(8-12(9)14)7-10-2-4-11(5-3-10)13(16)17/h2-5,9,12H,6-8,14H2,1H3,(H,16,17). The van der Waals surface area contributed by atoms with E-state index in [1.54, 1.807) is 12.1 Å². The highest BCUT2D eigenvalue weighted by Gasteiger charge is 2.26. The zero-order valence-corrected chi connectivity index (χ0v) is 9.97. The summed E-state index contributed by atoms with van der Waals surface area (Å²) in [5.41, 5.74) is 7.44. The van der Waals surface area contributed by atoms with Gasteiger partial charge in [-0.1, -0.05) is 19.1 Å². The van der Waals surface area contributed by atoms with Crippen LogP contribution in [0.3, 0.4) is 0 Å². The number of nitrogens with two attached hydrogens (primary N) is 1. The van der Waals surface area contributed by atoms with Crippen LogP contribution in [0.1, 0.15) is 22.8 Å². The number of aromatic carboxylic acids is 1. The van der Waals surface area contributed by atoms with Gasteiger partial charge >= 0.3 is 5.97 Å². The molecule has 2 atom stereocenters. The minimum absolute atomic E-state index is 0.258. The summed E-state index contributed by atoms with van der Waals surface area (Å²) in [6.45, 7) is 4.94. The van der Waals surface area contributed by atoms with E-state index < -0.39 is 5.97 Å². The van der Waals surface area contributed by atoms with Crippen molar-refractivity contribution in [3.8, 4) is 0 Å². The zero-order chi connectivity index (χ0) is 12.4. The van der Waals surface area contributed by atoms with Crippen LogP contribution >= 0.6 is 0 Å². The monoisotopic (exact) mass is 234 g/mol. The highest BCUT2D eigenvalue weighted by atomic mass is 16.4. The predicted molar refractivity (Wildman–Crippen MR) is 65.8 cm³/mol. The Morgan fingerprint density at radius 1 is 1.41 bits per heavy atom. The first-order chi connectivity index (χ1) is 8.06. The molecule has 1 aliphatic rings. The number of carboxylic acids is 1. The van der Waals surface area contributed by atoms with Gasteiger partial charge in [-0.3, -0.25) is 4.90 Å². The molecule has 2 unspecified atom stereocenters. The molecule has 3 N–H and O–H groups in total. The largest absolute Gasteiger partial charge is 0.478 e. The number of likely N-dealkylation sites (tertiary alicyclic amines) is 1. The maximum Gasteiger partial charge on any atom is 0.335 e. The van der Waals surface area contributed by atoms with Gasteiger partial charge in [-0.15, -0.1) is 0 Å². The summed E-state index contributed by atoms with van der Waals surface area (Å²) < 4.78 is 0. The summed E-state index contributed by atoms with van der Waals surface area (Å²) >= 11 is 0. The summed E-state index contributed by atoms with van der Waals surface area (Å²) in [5.74, 6) is -0.346. The van der Waals surface area contributed by atoms with Gasteiger partial charge in [0.05, 0.1) is 5.56 Å². The minimum atomic E-state index is -0.881. The van der Waals surface area contributed by atoms with Gasteiger partial charge in [0, 0.05) is 25.7 Å². The lowest BCUT2D eigenvalue weighted by atomic mass is 10.1. The molecular weight excluding hydrogens is 216 g/mol. The van der Waals surface area contributed by atoms with Crippen molar-refractivity contribution in [1.82, 2.24) is 4.90 Å². The Morgan fingerprint density at radius 3 is 2.53 bits per heavy atom. The highest BCUT2D eigenvalue weighted by molar-refractivity contribution is 5.87. The first-order valence-electron chi connectivity index (χ1n) is 5.86. The van der Waals surface area contributed by atoms with Gasteiger partial charge in [-0.25, -0.2) is 4.79 Å². The summed E-state index contributed by atoms with van der Waals surface area (Å²) in [5, 5.41) is 8.80. The molecule has 4 nitrogen and oxygen atoms in total. The van der Waals surface area contributed by atoms with Gasteiger partial charge in [0.15, 0.2) is 0 Å². The second-order valence-corrected chi connectivity index (χ2v) is 4.84. The minimum Gasteiger partial charge on any atom is -0.478 e. The van der Waals surface area contributed by atoms with Crippen molar-refractivity contribution in [2.24, 2.45) is 11.7 Å². The van der Waals surface area contributed by atoms with Crippen molar-refractivity contribution in [2.75, 3.05) is 13.1 Å². The van der Waals surface area contributed by atoms with Crippen LogP contribution in [0.25, 0.3) is 0 Å². The first kappa shape index (κ1) is 12.1. The third-order valence-electron chi connectivity index (χ3n) is 3.35. The van der Waals surface area contributed by atoms with Crippen LogP contribution in [0.4, 0.5) is 0 Å². The molecule has 0 bridgehead atoms. The second-order valence-electron chi connectivity index (χ2n) is 4.84. The van der Waals surface area contributed by atoms with Crippen molar-refractivity contribution in [3.05, 3.63) is 35.4 Å². The molecule has 1 heterocycles. The molecule has 2 rings (SSSR count). The Kier molecular flexibility index (Phi) is 3.45. The van der Waals surface area contributed by atoms with Crippen molar-refractivity contribution >= 4 is 5.97 Å². The molecule has 0 radical (unpaired) electrons. The third-order valence-corrected chi connectivity index (χ3v) is 3.35. The quantitative estimate of drug-likeness (QED) is 0.823. The summed E-state index contributed by atoms with van der Waals surface area (Å²) in [7, 11) is 0. The van der Waals surface area contributed by atoms with Gasteiger partial charge < -0.3 is 10.8 Å².